The van der Waals surface area contributed by atoms with Gasteiger partial charge in [0.2, 0.25) is 0 Å². The number of nitrogens with one attached hydrogen (secondary N) is 1. The first kappa shape index (κ1) is 13.6. The monoisotopic (exact) mass is 273 g/mol. The first-order valence-corrected chi connectivity index (χ1v) is 7.63. The summed E-state index contributed by atoms with van der Waals surface area (Å²) in [6.07, 6.45) is 3.84. The Morgan fingerprint density at radius 1 is 1.40 bits per heavy atom. The van der Waals surface area contributed by atoms with Gasteiger partial charge in [0.1, 0.15) is 5.82 Å². The number of aryl methyl sites for hydroxylation is 1. The number of aliphatic hydroxyl groups excluding tert-OH is 1. The fourth-order valence-electron chi connectivity index (χ4n) is 2.63. The van der Waals surface area contributed by atoms with Gasteiger partial charge in [-0.1, -0.05) is 19.1 Å². The summed E-state index contributed by atoms with van der Waals surface area (Å²) in [5, 5.41) is 13.6. The zero-order valence-electron chi connectivity index (χ0n) is 12.0. The standard InChI is InChI=1S/C16H23N3O/c1-2-9-19-15-6-4-3-5-14(15)18-16(19)10-13(20)11-17-12-7-8-12/h3-6,12-13,17,20H,2,7-11H2,1H3. The molecule has 1 atom stereocenters. The number of hydrogen-bond acceptors (Lipinski definition) is 3. The second-order valence-electron chi connectivity index (χ2n) is 5.71. The van der Waals surface area contributed by atoms with Crippen molar-refractivity contribution in [1.82, 2.24) is 14.9 Å². The Hall–Kier alpha value is -1.39. The summed E-state index contributed by atoms with van der Waals surface area (Å²) in [5.41, 5.74) is 2.20. The van der Waals surface area contributed by atoms with Gasteiger partial charge in [-0.25, -0.2) is 4.98 Å². The molecule has 1 heterocycles. The summed E-state index contributed by atoms with van der Waals surface area (Å²) in [4.78, 5) is 4.69. The number of para-hydroxylation sites is 2. The Balaban J connectivity index is 1.76. The smallest absolute Gasteiger partial charge is 0.112 e. The van der Waals surface area contributed by atoms with Crippen LogP contribution in [0.4, 0.5) is 0 Å². The van der Waals surface area contributed by atoms with Crippen LogP contribution in [0.15, 0.2) is 24.3 Å². The Morgan fingerprint density at radius 2 is 2.20 bits per heavy atom. The molecule has 0 radical (unpaired) electrons. The average molecular weight is 273 g/mol. The molecule has 4 nitrogen and oxygen atoms in total. The maximum Gasteiger partial charge on any atom is 0.112 e. The molecule has 0 aliphatic heterocycles. The van der Waals surface area contributed by atoms with E-state index in [4.69, 9.17) is 0 Å². The highest BCUT2D eigenvalue weighted by Crippen LogP contribution is 2.20. The summed E-state index contributed by atoms with van der Waals surface area (Å²) >= 11 is 0. The van der Waals surface area contributed by atoms with Gasteiger partial charge in [0.05, 0.1) is 17.1 Å². The molecule has 1 saturated carbocycles. The second-order valence-corrected chi connectivity index (χ2v) is 5.71. The molecule has 1 aromatic carbocycles. The SMILES string of the molecule is CCCn1c(CC(O)CNC2CC2)nc2ccccc21. The van der Waals surface area contributed by atoms with E-state index in [9.17, 15) is 5.11 Å². The number of benzene rings is 1. The van der Waals surface area contributed by atoms with Crippen molar-refractivity contribution in [3.05, 3.63) is 30.1 Å². The summed E-state index contributed by atoms with van der Waals surface area (Å²) in [6, 6.07) is 8.85. The second kappa shape index (κ2) is 5.94. The molecule has 1 unspecified atom stereocenters. The quantitative estimate of drug-likeness (QED) is 0.812. The van der Waals surface area contributed by atoms with Crippen molar-refractivity contribution in [2.45, 2.75) is 51.3 Å². The Bertz CT molecular complexity index is 574. The molecule has 3 rings (SSSR count). The van der Waals surface area contributed by atoms with Gasteiger partial charge in [0.25, 0.3) is 0 Å². The highest BCUT2D eigenvalue weighted by molar-refractivity contribution is 5.75. The van der Waals surface area contributed by atoms with Crippen LogP contribution >= 0.6 is 0 Å². The van der Waals surface area contributed by atoms with E-state index in [1.54, 1.807) is 0 Å². The lowest BCUT2D eigenvalue weighted by atomic mass is 10.2. The van der Waals surface area contributed by atoms with E-state index in [2.05, 4.69) is 27.9 Å². The third-order valence-electron chi connectivity index (χ3n) is 3.82. The van der Waals surface area contributed by atoms with E-state index >= 15 is 0 Å². The number of imidazole rings is 1. The molecule has 0 amide bonds. The summed E-state index contributed by atoms with van der Waals surface area (Å²) < 4.78 is 2.25. The van der Waals surface area contributed by atoms with Gasteiger partial charge >= 0.3 is 0 Å². The van der Waals surface area contributed by atoms with Crippen LogP contribution < -0.4 is 5.32 Å². The molecule has 4 heteroatoms. The predicted octanol–water partition coefficient (Wildman–Crippen LogP) is 2.10. The molecule has 1 aliphatic carbocycles. The summed E-state index contributed by atoms with van der Waals surface area (Å²) in [5.74, 6) is 0.998. The van der Waals surface area contributed by atoms with Crippen LogP contribution in [0.1, 0.15) is 32.0 Å². The van der Waals surface area contributed by atoms with Crippen molar-refractivity contribution in [2.24, 2.45) is 0 Å². The molecule has 0 saturated heterocycles. The van der Waals surface area contributed by atoms with E-state index in [1.165, 1.54) is 18.4 Å². The minimum atomic E-state index is -0.358. The molecule has 0 bridgehead atoms. The molecular formula is C16H23N3O. The number of nitrogens with zero attached hydrogens (tertiary/aromatic N) is 2. The highest BCUT2D eigenvalue weighted by Gasteiger charge is 2.22. The summed E-state index contributed by atoms with van der Waals surface area (Å²) in [7, 11) is 0. The number of aromatic nitrogens is 2. The lowest BCUT2D eigenvalue weighted by molar-refractivity contribution is 0.168. The highest BCUT2D eigenvalue weighted by atomic mass is 16.3. The van der Waals surface area contributed by atoms with Crippen molar-refractivity contribution in [1.29, 1.82) is 0 Å². The molecule has 0 spiro atoms. The molecule has 1 aromatic heterocycles. The van der Waals surface area contributed by atoms with Gasteiger partial charge in [-0.2, -0.15) is 0 Å². The van der Waals surface area contributed by atoms with Gasteiger partial charge in [-0.3, -0.25) is 0 Å². The molecule has 20 heavy (non-hydrogen) atoms. The molecule has 2 aromatic rings. The Labute approximate surface area is 119 Å². The molecule has 108 valence electrons. The van der Waals surface area contributed by atoms with Gasteiger partial charge in [-0.15, -0.1) is 0 Å². The molecular weight excluding hydrogens is 250 g/mol. The van der Waals surface area contributed by atoms with Crippen LogP contribution in [0.2, 0.25) is 0 Å². The fourth-order valence-corrected chi connectivity index (χ4v) is 2.63. The maximum atomic E-state index is 10.2. The molecule has 1 fully saturated rings. The van der Waals surface area contributed by atoms with Crippen LogP contribution in [0.5, 0.6) is 0 Å². The van der Waals surface area contributed by atoms with Crippen molar-refractivity contribution in [2.75, 3.05) is 6.54 Å². The molecule has 2 N–H and O–H groups in total. The maximum absolute atomic E-state index is 10.2. The van der Waals surface area contributed by atoms with Crippen LogP contribution in [-0.4, -0.2) is 33.3 Å². The van der Waals surface area contributed by atoms with E-state index in [-0.39, 0.29) is 6.10 Å². The number of hydrogen-bond donors (Lipinski definition) is 2. The topological polar surface area (TPSA) is 50.1 Å². The van der Waals surface area contributed by atoms with Crippen molar-refractivity contribution < 1.29 is 5.11 Å². The lowest BCUT2D eigenvalue weighted by Gasteiger charge is -2.13. The van der Waals surface area contributed by atoms with Gasteiger partial charge in [-0.05, 0) is 31.4 Å². The van der Waals surface area contributed by atoms with Crippen LogP contribution in [0.3, 0.4) is 0 Å². The van der Waals surface area contributed by atoms with Crippen LogP contribution in [0.25, 0.3) is 11.0 Å². The zero-order valence-corrected chi connectivity index (χ0v) is 12.0. The van der Waals surface area contributed by atoms with Crippen LogP contribution in [-0.2, 0) is 13.0 Å². The van der Waals surface area contributed by atoms with Gasteiger partial charge < -0.3 is 15.0 Å². The first-order valence-electron chi connectivity index (χ1n) is 7.63. The lowest BCUT2D eigenvalue weighted by Crippen LogP contribution is -2.30. The normalized spacial score (nSPS) is 16.7. The zero-order chi connectivity index (χ0) is 13.9. The number of rotatable bonds is 7. The van der Waals surface area contributed by atoms with E-state index in [0.29, 0.717) is 19.0 Å². The predicted molar refractivity (Wildman–Crippen MR) is 80.8 cm³/mol. The Kier molecular flexibility index (Phi) is 4.03. The number of fused-ring (bicyclic) bond motifs is 1. The van der Waals surface area contributed by atoms with Crippen molar-refractivity contribution >= 4 is 11.0 Å². The third-order valence-corrected chi connectivity index (χ3v) is 3.82. The minimum absolute atomic E-state index is 0.358. The van der Waals surface area contributed by atoms with Gasteiger partial charge in [0, 0.05) is 25.6 Å². The van der Waals surface area contributed by atoms with E-state index < -0.39 is 0 Å². The molecule has 1 aliphatic rings. The van der Waals surface area contributed by atoms with Crippen molar-refractivity contribution in [3.63, 3.8) is 0 Å². The van der Waals surface area contributed by atoms with Gasteiger partial charge in [0.15, 0.2) is 0 Å². The van der Waals surface area contributed by atoms with E-state index in [0.717, 1.165) is 24.3 Å². The minimum Gasteiger partial charge on any atom is -0.391 e. The number of aliphatic hydroxyl groups is 1. The largest absolute Gasteiger partial charge is 0.391 e. The van der Waals surface area contributed by atoms with Crippen LogP contribution in [0, 0.1) is 0 Å². The Morgan fingerprint density at radius 3 is 2.95 bits per heavy atom. The van der Waals surface area contributed by atoms with Crippen molar-refractivity contribution in [3.8, 4) is 0 Å². The summed E-state index contributed by atoms with van der Waals surface area (Å²) in [6.45, 7) is 3.79. The first-order chi connectivity index (χ1) is 9.78. The third kappa shape index (κ3) is 3.02. The fraction of sp³-hybridized carbons (Fsp3) is 0.562. The average Bonchev–Trinajstić information content (AvgIpc) is 3.22. The van der Waals surface area contributed by atoms with E-state index in [1.807, 2.05) is 18.2 Å².